The molecule has 9 heteroatoms. The molecule has 0 atom stereocenters. The normalized spacial score (nSPS) is 10.0. The summed E-state index contributed by atoms with van der Waals surface area (Å²) >= 11 is 0. The Kier molecular flexibility index (Phi) is 20.8. The summed E-state index contributed by atoms with van der Waals surface area (Å²) in [5.74, 6) is 0. The van der Waals surface area contributed by atoms with Crippen molar-refractivity contribution >= 4 is 11.4 Å². The third kappa shape index (κ3) is 8.66. The summed E-state index contributed by atoms with van der Waals surface area (Å²) < 4.78 is 0. The molecule has 0 radical (unpaired) electrons. The summed E-state index contributed by atoms with van der Waals surface area (Å²) in [7, 11) is 3.53. The third-order valence-electron chi connectivity index (χ3n) is 2.05. The maximum atomic E-state index is 4.47. The van der Waals surface area contributed by atoms with E-state index in [0.717, 1.165) is 22.8 Å². The molecule has 0 saturated heterocycles. The first kappa shape index (κ1) is 27.8. The molecule has 0 aliphatic rings. The first-order valence-electron chi connectivity index (χ1n) is 5.09. The molecule has 112 valence electrons. The van der Waals surface area contributed by atoms with Crippen LogP contribution in [0.15, 0.2) is 28.4 Å². The SMILES string of the molecule is CNN=C(C)c1cccc(C(C)=NNC)n1.[Cl-].[Cl-].[Cl-].[V+3]. The van der Waals surface area contributed by atoms with Gasteiger partial charge in [0.15, 0.2) is 0 Å². The van der Waals surface area contributed by atoms with Gasteiger partial charge in [-0.2, -0.15) is 10.2 Å². The topological polar surface area (TPSA) is 61.7 Å². The van der Waals surface area contributed by atoms with Crippen LogP contribution in [0, 0.1) is 0 Å². The van der Waals surface area contributed by atoms with Gasteiger partial charge in [-0.15, -0.1) is 0 Å². The minimum absolute atomic E-state index is 0. The first-order chi connectivity index (χ1) is 7.69. The van der Waals surface area contributed by atoms with Crippen molar-refractivity contribution < 1.29 is 55.8 Å². The number of aromatic nitrogens is 1. The molecular weight excluding hydrogens is 359 g/mol. The van der Waals surface area contributed by atoms with Crippen LogP contribution in [0.2, 0.25) is 0 Å². The number of rotatable bonds is 4. The predicted octanol–water partition coefficient (Wildman–Crippen LogP) is -8.02. The number of hydrogen-bond acceptors (Lipinski definition) is 5. The van der Waals surface area contributed by atoms with Crippen LogP contribution in [0.3, 0.4) is 0 Å². The van der Waals surface area contributed by atoms with E-state index in [0.29, 0.717) is 0 Å². The van der Waals surface area contributed by atoms with Crippen LogP contribution in [0.5, 0.6) is 0 Å². The average Bonchev–Trinajstić information content (AvgIpc) is 2.30. The van der Waals surface area contributed by atoms with Crippen molar-refractivity contribution in [1.29, 1.82) is 0 Å². The van der Waals surface area contributed by atoms with Gasteiger partial charge in [-0.05, 0) is 26.0 Å². The summed E-state index contributed by atoms with van der Waals surface area (Å²) in [5.41, 5.74) is 8.88. The molecular formula is C11H17Cl3N5V. The molecule has 5 nitrogen and oxygen atoms in total. The molecule has 0 aromatic carbocycles. The zero-order valence-electron chi connectivity index (χ0n) is 11.7. The molecule has 0 amide bonds. The minimum atomic E-state index is 0. The molecule has 1 heterocycles. The molecule has 2 N–H and O–H groups in total. The van der Waals surface area contributed by atoms with E-state index in [9.17, 15) is 0 Å². The van der Waals surface area contributed by atoms with Crippen LogP contribution in [0.1, 0.15) is 25.2 Å². The summed E-state index contributed by atoms with van der Waals surface area (Å²) in [4.78, 5) is 4.47. The van der Waals surface area contributed by atoms with E-state index in [1.54, 1.807) is 14.1 Å². The molecule has 0 spiro atoms. The van der Waals surface area contributed by atoms with Crippen LogP contribution < -0.4 is 48.1 Å². The number of nitrogens with one attached hydrogen (secondary N) is 2. The molecule has 0 aliphatic heterocycles. The number of nitrogens with zero attached hydrogens (tertiary/aromatic N) is 3. The molecule has 1 rings (SSSR count). The van der Waals surface area contributed by atoms with Gasteiger partial charge in [-0.1, -0.05) is 6.07 Å². The van der Waals surface area contributed by atoms with Gasteiger partial charge in [0.2, 0.25) is 0 Å². The number of hydrazone groups is 2. The van der Waals surface area contributed by atoms with Gasteiger partial charge in [0.25, 0.3) is 0 Å². The average molecular weight is 377 g/mol. The second-order valence-electron chi connectivity index (χ2n) is 3.25. The molecule has 1 aromatic heterocycles. The molecule has 1 aromatic rings. The number of hydrogen-bond donors (Lipinski definition) is 2. The van der Waals surface area contributed by atoms with Gasteiger partial charge in [0, 0.05) is 14.1 Å². The van der Waals surface area contributed by atoms with Gasteiger partial charge in [-0.3, -0.25) is 0 Å². The Hall–Kier alpha value is -0.456. The Bertz CT molecular complexity index is 391. The maximum absolute atomic E-state index is 4.47. The standard InChI is InChI=1S/C11H17N5.3ClH.V/c1-8(15-12-3)10-6-5-7-11(14-10)9(2)16-13-4;;;;/h5-7,12-13H,1-4H3;3*1H;/q;;;;+3/p-3. The van der Waals surface area contributed by atoms with Gasteiger partial charge < -0.3 is 48.1 Å². The van der Waals surface area contributed by atoms with Crippen molar-refractivity contribution in [3.8, 4) is 0 Å². The smallest absolute Gasteiger partial charge is 1.00 e. The zero-order chi connectivity index (χ0) is 12.0. The van der Waals surface area contributed by atoms with E-state index in [-0.39, 0.29) is 55.8 Å². The first-order valence-corrected chi connectivity index (χ1v) is 5.09. The van der Waals surface area contributed by atoms with Gasteiger partial charge >= 0.3 is 18.6 Å². The Labute approximate surface area is 150 Å². The van der Waals surface area contributed by atoms with E-state index in [1.807, 2.05) is 32.0 Å². The molecule has 20 heavy (non-hydrogen) atoms. The minimum Gasteiger partial charge on any atom is -1.00 e. The predicted molar refractivity (Wildman–Crippen MR) is 66.8 cm³/mol. The zero-order valence-corrected chi connectivity index (χ0v) is 15.3. The maximum Gasteiger partial charge on any atom is 3.00 e. The van der Waals surface area contributed by atoms with E-state index in [1.165, 1.54) is 0 Å². The van der Waals surface area contributed by atoms with Gasteiger partial charge in [0.05, 0.1) is 22.8 Å². The molecule has 0 aliphatic carbocycles. The van der Waals surface area contributed by atoms with Crippen LogP contribution in [-0.2, 0) is 18.6 Å². The van der Waals surface area contributed by atoms with Crippen molar-refractivity contribution in [1.82, 2.24) is 15.8 Å². The van der Waals surface area contributed by atoms with Crippen molar-refractivity contribution in [3.05, 3.63) is 29.6 Å². The fourth-order valence-electron chi connectivity index (χ4n) is 1.29. The summed E-state index contributed by atoms with van der Waals surface area (Å²) in [6, 6.07) is 5.79. The largest absolute Gasteiger partial charge is 3.00 e. The Morgan fingerprint density at radius 3 is 1.55 bits per heavy atom. The van der Waals surface area contributed by atoms with E-state index in [2.05, 4.69) is 26.0 Å². The Morgan fingerprint density at radius 1 is 0.900 bits per heavy atom. The fourth-order valence-corrected chi connectivity index (χ4v) is 1.29. The van der Waals surface area contributed by atoms with Crippen molar-refractivity contribution in [2.24, 2.45) is 10.2 Å². The fraction of sp³-hybridized carbons (Fsp3) is 0.364. The third-order valence-corrected chi connectivity index (χ3v) is 2.05. The van der Waals surface area contributed by atoms with Crippen molar-refractivity contribution in [2.75, 3.05) is 14.1 Å². The second-order valence-corrected chi connectivity index (χ2v) is 3.25. The number of halogens is 3. The van der Waals surface area contributed by atoms with E-state index in [4.69, 9.17) is 0 Å². The van der Waals surface area contributed by atoms with Crippen molar-refractivity contribution in [3.63, 3.8) is 0 Å². The van der Waals surface area contributed by atoms with Crippen LogP contribution >= 0.6 is 0 Å². The second kappa shape index (κ2) is 14.9. The number of pyridine rings is 1. The van der Waals surface area contributed by atoms with Crippen LogP contribution in [-0.4, -0.2) is 30.5 Å². The van der Waals surface area contributed by atoms with E-state index >= 15 is 0 Å². The summed E-state index contributed by atoms with van der Waals surface area (Å²) in [5, 5.41) is 8.18. The summed E-state index contributed by atoms with van der Waals surface area (Å²) in [6.45, 7) is 3.82. The van der Waals surface area contributed by atoms with Crippen molar-refractivity contribution in [2.45, 2.75) is 13.8 Å². The van der Waals surface area contributed by atoms with Gasteiger partial charge in [0.1, 0.15) is 0 Å². The molecule has 0 saturated carbocycles. The molecule has 0 fully saturated rings. The van der Waals surface area contributed by atoms with Crippen LogP contribution in [0.4, 0.5) is 0 Å². The van der Waals surface area contributed by atoms with E-state index < -0.39 is 0 Å². The molecule has 0 unspecified atom stereocenters. The monoisotopic (exact) mass is 375 g/mol. The quantitative estimate of drug-likeness (QED) is 0.405. The Balaban J connectivity index is -0.000000320. The molecule has 0 bridgehead atoms. The summed E-state index contributed by atoms with van der Waals surface area (Å²) in [6.07, 6.45) is 0. The van der Waals surface area contributed by atoms with Gasteiger partial charge in [-0.25, -0.2) is 4.98 Å². The van der Waals surface area contributed by atoms with Crippen LogP contribution in [0.25, 0.3) is 0 Å². The Morgan fingerprint density at radius 2 is 1.25 bits per heavy atom.